The average Bonchev–Trinajstić information content (AvgIpc) is 2.49. The zero-order chi connectivity index (χ0) is 15.4. The predicted molar refractivity (Wildman–Crippen MR) is 80.7 cm³/mol. The molecule has 2 rings (SSSR count). The zero-order valence-corrected chi connectivity index (χ0v) is 13.0. The molecule has 1 heterocycles. The third-order valence-electron chi connectivity index (χ3n) is 3.48. The van der Waals surface area contributed by atoms with Gasteiger partial charge in [-0.15, -0.1) is 0 Å². The monoisotopic (exact) mass is 335 g/mol. The van der Waals surface area contributed by atoms with Crippen molar-refractivity contribution in [2.24, 2.45) is 0 Å². The molecule has 118 valence electrons. The van der Waals surface area contributed by atoms with E-state index in [4.69, 9.17) is 27.9 Å². The first kappa shape index (κ1) is 17.0. The van der Waals surface area contributed by atoms with E-state index < -0.39 is 6.10 Å². The molecule has 7 heteroatoms. The van der Waals surface area contributed by atoms with Gasteiger partial charge in [-0.1, -0.05) is 29.3 Å². The van der Waals surface area contributed by atoms with Crippen LogP contribution in [0.2, 0.25) is 10.0 Å². The van der Waals surface area contributed by atoms with Crippen LogP contribution in [0.4, 0.5) is 0 Å². The summed E-state index contributed by atoms with van der Waals surface area (Å²) in [5.41, 5.74) is 0.678. The molecule has 0 radical (unpaired) electrons. The summed E-state index contributed by atoms with van der Waals surface area (Å²) >= 11 is 11.8. The van der Waals surface area contributed by atoms with Crippen LogP contribution in [-0.2, 0) is 4.74 Å². The highest BCUT2D eigenvalue weighted by Crippen LogP contribution is 2.26. The summed E-state index contributed by atoms with van der Waals surface area (Å²) in [5, 5.41) is 29.6. The van der Waals surface area contributed by atoms with Gasteiger partial charge in [-0.05, 0) is 17.7 Å². The van der Waals surface area contributed by atoms with Crippen molar-refractivity contribution in [3.8, 4) is 0 Å². The molecular weight excluding hydrogens is 317 g/mol. The largest absolute Gasteiger partial charge is 0.394 e. The highest BCUT2D eigenvalue weighted by Gasteiger charge is 2.28. The molecule has 1 saturated heterocycles. The van der Waals surface area contributed by atoms with E-state index in [1.54, 1.807) is 18.2 Å². The minimum absolute atomic E-state index is 0.115. The maximum absolute atomic E-state index is 10.3. The summed E-state index contributed by atoms with van der Waals surface area (Å²) in [5.74, 6) is 0. The van der Waals surface area contributed by atoms with E-state index in [9.17, 15) is 15.3 Å². The van der Waals surface area contributed by atoms with Crippen LogP contribution in [0.5, 0.6) is 0 Å². The SMILES string of the molecule is OC[C@@H]1CN(C[C@H](O)c2ccc(Cl)c(Cl)c2)C[C@@H](CO)O1. The van der Waals surface area contributed by atoms with Crippen molar-refractivity contribution in [2.75, 3.05) is 32.8 Å². The minimum Gasteiger partial charge on any atom is -0.394 e. The van der Waals surface area contributed by atoms with Crippen LogP contribution in [-0.4, -0.2) is 65.3 Å². The van der Waals surface area contributed by atoms with Crippen molar-refractivity contribution in [2.45, 2.75) is 18.3 Å². The molecule has 0 saturated carbocycles. The molecule has 0 aliphatic carbocycles. The van der Waals surface area contributed by atoms with Gasteiger partial charge in [0.25, 0.3) is 0 Å². The first-order chi connectivity index (χ1) is 10.0. The highest BCUT2D eigenvalue weighted by molar-refractivity contribution is 6.42. The van der Waals surface area contributed by atoms with E-state index >= 15 is 0 Å². The van der Waals surface area contributed by atoms with Gasteiger partial charge in [0.2, 0.25) is 0 Å². The molecule has 3 N–H and O–H groups in total. The summed E-state index contributed by atoms with van der Waals surface area (Å²) in [6.45, 7) is 1.15. The predicted octanol–water partition coefficient (Wildman–Crippen LogP) is 1.08. The van der Waals surface area contributed by atoms with E-state index in [1.165, 1.54) is 0 Å². The molecule has 3 atom stereocenters. The maximum Gasteiger partial charge on any atom is 0.0937 e. The van der Waals surface area contributed by atoms with Crippen LogP contribution < -0.4 is 0 Å². The van der Waals surface area contributed by atoms with Crippen LogP contribution in [0.25, 0.3) is 0 Å². The molecule has 0 bridgehead atoms. The van der Waals surface area contributed by atoms with Gasteiger partial charge >= 0.3 is 0 Å². The van der Waals surface area contributed by atoms with E-state index in [-0.39, 0.29) is 25.4 Å². The van der Waals surface area contributed by atoms with Crippen molar-refractivity contribution in [1.29, 1.82) is 0 Å². The second-order valence-electron chi connectivity index (χ2n) is 5.15. The molecular formula is C14H19Cl2NO4. The lowest BCUT2D eigenvalue weighted by atomic mass is 10.1. The lowest BCUT2D eigenvalue weighted by molar-refractivity contribution is -0.123. The van der Waals surface area contributed by atoms with Gasteiger partial charge in [0.05, 0.1) is 41.6 Å². The molecule has 1 aliphatic rings. The average molecular weight is 336 g/mol. The van der Waals surface area contributed by atoms with Gasteiger partial charge in [-0.25, -0.2) is 0 Å². The molecule has 1 aromatic carbocycles. The Labute approximate surface area is 133 Å². The minimum atomic E-state index is -0.725. The van der Waals surface area contributed by atoms with Crippen molar-refractivity contribution >= 4 is 23.2 Å². The van der Waals surface area contributed by atoms with Crippen molar-refractivity contribution in [1.82, 2.24) is 4.90 Å². The van der Waals surface area contributed by atoms with Crippen LogP contribution in [0.15, 0.2) is 18.2 Å². The second kappa shape index (κ2) is 7.74. The third-order valence-corrected chi connectivity index (χ3v) is 4.21. The summed E-state index contributed by atoms with van der Waals surface area (Å²) in [6, 6.07) is 5.02. The Morgan fingerprint density at radius 3 is 2.29 bits per heavy atom. The molecule has 0 spiro atoms. The standard InChI is InChI=1S/C14H19Cl2NO4/c15-12-2-1-9(3-13(12)16)14(20)6-17-4-10(7-18)21-11(5-17)8-19/h1-3,10-11,14,18-20H,4-8H2/t10-,11-,14-/m0/s1. The zero-order valence-electron chi connectivity index (χ0n) is 11.5. The van der Waals surface area contributed by atoms with E-state index in [0.717, 1.165) is 0 Å². The Kier molecular flexibility index (Phi) is 6.25. The molecule has 1 aliphatic heterocycles. The Morgan fingerprint density at radius 1 is 1.14 bits per heavy atom. The fraction of sp³-hybridized carbons (Fsp3) is 0.571. The number of morpholine rings is 1. The third kappa shape index (κ3) is 4.53. The Balaban J connectivity index is 2.00. The van der Waals surface area contributed by atoms with Crippen molar-refractivity contribution in [3.63, 3.8) is 0 Å². The van der Waals surface area contributed by atoms with Crippen LogP contribution in [0.3, 0.4) is 0 Å². The molecule has 1 aromatic rings. The van der Waals surface area contributed by atoms with Gasteiger partial charge in [-0.2, -0.15) is 0 Å². The van der Waals surface area contributed by atoms with E-state index in [1.807, 2.05) is 4.90 Å². The molecule has 21 heavy (non-hydrogen) atoms. The normalized spacial score (nSPS) is 25.0. The Morgan fingerprint density at radius 2 is 1.76 bits per heavy atom. The number of benzene rings is 1. The number of ether oxygens (including phenoxy) is 1. The lowest BCUT2D eigenvalue weighted by Gasteiger charge is -2.37. The molecule has 0 unspecified atom stereocenters. The smallest absolute Gasteiger partial charge is 0.0937 e. The number of aliphatic hydroxyl groups is 3. The maximum atomic E-state index is 10.3. The van der Waals surface area contributed by atoms with Crippen molar-refractivity contribution in [3.05, 3.63) is 33.8 Å². The van der Waals surface area contributed by atoms with Gasteiger partial charge in [0, 0.05) is 19.6 Å². The van der Waals surface area contributed by atoms with Crippen LogP contribution in [0.1, 0.15) is 11.7 Å². The quantitative estimate of drug-likeness (QED) is 0.751. The first-order valence-corrected chi connectivity index (χ1v) is 7.51. The molecule has 1 fully saturated rings. The number of halogens is 2. The van der Waals surface area contributed by atoms with E-state index in [2.05, 4.69) is 0 Å². The fourth-order valence-corrected chi connectivity index (χ4v) is 2.74. The summed E-state index contributed by atoms with van der Waals surface area (Å²) in [6.07, 6.45) is -1.43. The van der Waals surface area contributed by atoms with Crippen LogP contribution >= 0.6 is 23.2 Å². The summed E-state index contributed by atoms with van der Waals surface area (Å²) < 4.78 is 5.48. The number of rotatable bonds is 5. The Bertz CT molecular complexity index is 462. The molecule has 0 aromatic heterocycles. The number of nitrogens with zero attached hydrogens (tertiary/aromatic N) is 1. The topological polar surface area (TPSA) is 73.2 Å². The van der Waals surface area contributed by atoms with Crippen LogP contribution in [0, 0.1) is 0 Å². The number of β-amino-alcohol motifs (C(OH)–C–C–N with tert-alkyl or cyclic N) is 1. The second-order valence-corrected chi connectivity index (χ2v) is 5.97. The summed E-state index contributed by atoms with van der Waals surface area (Å²) in [4.78, 5) is 1.96. The van der Waals surface area contributed by atoms with Gasteiger partial charge in [0.15, 0.2) is 0 Å². The molecule has 0 amide bonds. The van der Waals surface area contributed by atoms with Gasteiger partial charge < -0.3 is 20.1 Å². The highest BCUT2D eigenvalue weighted by atomic mass is 35.5. The first-order valence-electron chi connectivity index (χ1n) is 6.76. The number of aliphatic hydroxyl groups excluding tert-OH is 3. The van der Waals surface area contributed by atoms with Gasteiger partial charge in [-0.3, -0.25) is 4.90 Å². The number of hydrogen-bond donors (Lipinski definition) is 3. The summed E-state index contributed by atoms with van der Waals surface area (Å²) in [7, 11) is 0. The van der Waals surface area contributed by atoms with Gasteiger partial charge in [0.1, 0.15) is 0 Å². The fourth-order valence-electron chi connectivity index (χ4n) is 2.43. The van der Waals surface area contributed by atoms with Crippen molar-refractivity contribution < 1.29 is 20.1 Å². The lowest BCUT2D eigenvalue weighted by Crippen LogP contribution is -2.51. The Hall–Kier alpha value is -0.400. The number of hydrogen-bond acceptors (Lipinski definition) is 5. The van der Waals surface area contributed by atoms with E-state index in [0.29, 0.717) is 35.2 Å². The molecule has 5 nitrogen and oxygen atoms in total.